The number of carbonyl (C=O) groups excluding carboxylic acids is 1. The fourth-order valence-electron chi connectivity index (χ4n) is 2.01. The summed E-state index contributed by atoms with van der Waals surface area (Å²) in [5, 5.41) is 3.28. The summed E-state index contributed by atoms with van der Waals surface area (Å²) < 4.78 is 50.4. The van der Waals surface area contributed by atoms with Gasteiger partial charge in [-0.2, -0.15) is 13.2 Å². The smallest absolute Gasteiger partial charge is 0.411 e. The molecule has 23 heavy (non-hydrogen) atoms. The van der Waals surface area contributed by atoms with Crippen molar-refractivity contribution in [2.24, 2.45) is 0 Å². The van der Waals surface area contributed by atoms with Gasteiger partial charge in [0.05, 0.1) is 26.4 Å². The average molecular weight is 331 g/mol. The molecule has 0 unspecified atom stereocenters. The monoisotopic (exact) mass is 331 g/mol. The molecule has 5 nitrogen and oxygen atoms in total. The highest BCUT2D eigenvalue weighted by Gasteiger charge is 2.27. The number of alkyl halides is 3. The van der Waals surface area contributed by atoms with E-state index in [0.717, 1.165) is 5.39 Å². The number of methoxy groups -OCH3 is 1. The molecule has 0 aliphatic rings. The zero-order valence-electron chi connectivity index (χ0n) is 12.4. The van der Waals surface area contributed by atoms with Gasteiger partial charge in [0.2, 0.25) is 5.91 Å². The van der Waals surface area contributed by atoms with Crippen LogP contribution >= 0.6 is 0 Å². The van der Waals surface area contributed by atoms with Gasteiger partial charge >= 0.3 is 6.18 Å². The molecule has 2 rings (SSSR count). The Kier molecular flexibility index (Phi) is 5.49. The Hall–Kier alpha value is -2.22. The van der Waals surface area contributed by atoms with E-state index in [4.69, 9.17) is 9.15 Å². The molecule has 1 N–H and O–H groups in total. The number of carbonyl (C=O) groups is 1. The zero-order chi connectivity index (χ0) is 16.9. The molecule has 0 bridgehead atoms. The Morgan fingerprint density at radius 1 is 1.35 bits per heavy atom. The molecule has 1 amide bonds. The van der Waals surface area contributed by atoms with Gasteiger partial charge in [-0.1, -0.05) is 0 Å². The summed E-state index contributed by atoms with van der Waals surface area (Å²) >= 11 is 0. The lowest BCUT2D eigenvalue weighted by molar-refractivity contribution is -0.173. The van der Waals surface area contributed by atoms with Crippen LogP contribution in [0.1, 0.15) is 5.56 Å². The molecule has 1 aromatic heterocycles. The summed E-state index contributed by atoms with van der Waals surface area (Å²) in [5.41, 5.74) is 1.29. The van der Waals surface area contributed by atoms with Crippen LogP contribution in [0.3, 0.4) is 0 Å². The predicted molar refractivity (Wildman–Crippen MR) is 76.4 cm³/mol. The maximum Gasteiger partial charge on any atom is 0.411 e. The first-order valence-electron chi connectivity index (χ1n) is 6.84. The molecule has 1 heterocycles. The summed E-state index contributed by atoms with van der Waals surface area (Å²) in [5.74, 6) is 0.323. The number of hydrogen-bond acceptors (Lipinski definition) is 4. The Morgan fingerprint density at radius 2 is 2.13 bits per heavy atom. The van der Waals surface area contributed by atoms with E-state index in [9.17, 15) is 18.0 Å². The molecular formula is C15H16F3NO4. The second kappa shape index (κ2) is 7.36. The number of ether oxygens (including phenoxy) is 2. The SMILES string of the molecule is COc1ccc2c(CC(=O)NCCOCC(F)(F)F)coc2c1. The third-order valence-corrected chi connectivity index (χ3v) is 3.05. The number of hydrogen-bond donors (Lipinski definition) is 1. The first-order valence-corrected chi connectivity index (χ1v) is 6.84. The number of rotatable bonds is 7. The van der Waals surface area contributed by atoms with Crippen molar-refractivity contribution in [2.75, 3.05) is 26.9 Å². The predicted octanol–water partition coefficient (Wildman–Crippen LogP) is 2.68. The first-order chi connectivity index (χ1) is 10.9. The van der Waals surface area contributed by atoms with Crippen LogP contribution in [0, 0.1) is 0 Å². The lowest BCUT2D eigenvalue weighted by atomic mass is 10.1. The molecule has 0 saturated heterocycles. The average Bonchev–Trinajstić information content (AvgIpc) is 2.88. The molecule has 0 saturated carbocycles. The van der Waals surface area contributed by atoms with Crippen LogP contribution in [0.15, 0.2) is 28.9 Å². The molecule has 2 aromatic rings. The van der Waals surface area contributed by atoms with Crippen LogP contribution in [0.2, 0.25) is 0 Å². The number of halogens is 3. The lowest BCUT2D eigenvalue weighted by Crippen LogP contribution is -2.29. The molecule has 0 spiro atoms. The summed E-state index contributed by atoms with van der Waals surface area (Å²) in [6.07, 6.45) is -2.82. The van der Waals surface area contributed by atoms with Crippen LogP contribution in [0.4, 0.5) is 13.2 Å². The largest absolute Gasteiger partial charge is 0.497 e. The van der Waals surface area contributed by atoms with Gasteiger partial charge in [-0.05, 0) is 12.1 Å². The van der Waals surface area contributed by atoms with E-state index in [2.05, 4.69) is 10.1 Å². The Morgan fingerprint density at radius 3 is 2.83 bits per heavy atom. The molecule has 0 aliphatic carbocycles. The number of furan rings is 1. The van der Waals surface area contributed by atoms with Crippen molar-refractivity contribution in [1.82, 2.24) is 5.32 Å². The fourth-order valence-corrected chi connectivity index (χ4v) is 2.01. The van der Waals surface area contributed by atoms with E-state index in [-0.39, 0.29) is 25.5 Å². The van der Waals surface area contributed by atoms with E-state index in [1.807, 2.05) is 0 Å². The highest BCUT2D eigenvalue weighted by atomic mass is 19.4. The van der Waals surface area contributed by atoms with Crippen molar-refractivity contribution >= 4 is 16.9 Å². The van der Waals surface area contributed by atoms with Crippen LogP contribution < -0.4 is 10.1 Å². The summed E-state index contributed by atoms with van der Waals surface area (Å²) in [7, 11) is 1.54. The standard InChI is InChI=1S/C15H16F3NO4/c1-21-11-2-3-12-10(8-23-13(12)7-11)6-14(20)19-4-5-22-9-15(16,17)18/h2-3,7-8H,4-6,9H2,1H3,(H,19,20). The Bertz CT molecular complexity index is 666. The van der Waals surface area contributed by atoms with Gasteiger partial charge in [-0.25, -0.2) is 0 Å². The van der Waals surface area contributed by atoms with Gasteiger partial charge in [-0.15, -0.1) is 0 Å². The minimum Gasteiger partial charge on any atom is -0.497 e. The van der Waals surface area contributed by atoms with Crippen LogP contribution in [-0.2, 0) is 16.0 Å². The summed E-state index contributed by atoms with van der Waals surface area (Å²) in [6.45, 7) is -1.51. The van der Waals surface area contributed by atoms with Gasteiger partial charge < -0.3 is 19.2 Å². The third kappa shape index (κ3) is 5.17. The third-order valence-electron chi connectivity index (χ3n) is 3.05. The molecule has 0 aliphatic heterocycles. The number of benzene rings is 1. The van der Waals surface area contributed by atoms with E-state index in [1.165, 1.54) is 6.26 Å². The zero-order valence-corrected chi connectivity index (χ0v) is 12.4. The van der Waals surface area contributed by atoms with Crippen molar-refractivity contribution in [3.63, 3.8) is 0 Å². The highest BCUT2D eigenvalue weighted by Crippen LogP contribution is 2.25. The molecule has 0 radical (unpaired) electrons. The minimum absolute atomic E-state index is 0.0124. The van der Waals surface area contributed by atoms with E-state index >= 15 is 0 Å². The van der Waals surface area contributed by atoms with Gasteiger partial charge in [-0.3, -0.25) is 4.79 Å². The number of fused-ring (bicyclic) bond motifs is 1. The summed E-state index contributed by atoms with van der Waals surface area (Å²) in [6, 6.07) is 5.25. The molecular weight excluding hydrogens is 315 g/mol. The second-order valence-corrected chi connectivity index (χ2v) is 4.82. The number of amides is 1. The highest BCUT2D eigenvalue weighted by molar-refractivity contribution is 5.88. The molecule has 0 atom stereocenters. The van der Waals surface area contributed by atoms with Crippen molar-refractivity contribution in [1.29, 1.82) is 0 Å². The molecule has 126 valence electrons. The van der Waals surface area contributed by atoms with Crippen molar-refractivity contribution in [3.05, 3.63) is 30.0 Å². The van der Waals surface area contributed by atoms with Crippen molar-refractivity contribution in [2.45, 2.75) is 12.6 Å². The van der Waals surface area contributed by atoms with Crippen molar-refractivity contribution < 1.29 is 31.9 Å². The molecule has 8 heteroatoms. The lowest BCUT2D eigenvalue weighted by Gasteiger charge is -2.08. The van der Waals surface area contributed by atoms with Gasteiger partial charge in [0, 0.05) is 23.6 Å². The van der Waals surface area contributed by atoms with E-state index in [1.54, 1.807) is 25.3 Å². The fraction of sp³-hybridized carbons (Fsp3) is 0.400. The van der Waals surface area contributed by atoms with Gasteiger partial charge in [0.25, 0.3) is 0 Å². The van der Waals surface area contributed by atoms with Crippen LogP contribution in [-0.4, -0.2) is 39.0 Å². The number of nitrogens with one attached hydrogen (secondary N) is 1. The second-order valence-electron chi connectivity index (χ2n) is 4.82. The molecule has 1 aromatic carbocycles. The normalized spacial score (nSPS) is 11.7. The van der Waals surface area contributed by atoms with Gasteiger partial charge in [0.15, 0.2) is 0 Å². The maximum absolute atomic E-state index is 11.9. The van der Waals surface area contributed by atoms with Gasteiger partial charge in [0.1, 0.15) is 17.9 Å². The van der Waals surface area contributed by atoms with E-state index in [0.29, 0.717) is 16.9 Å². The summed E-state index contributed by atoms with van der Waals surface area (Å²) in [4.78, 5) is 11.8. The minimum atomic E-state index is -4.36. The molecule has 0 fully saturated rings. The van der Waals surface area contributed by atoms with Crippen LogP contribution in [0.25, 0.3) is 11.0 Å². The maximum atomic E-state index is 11.9. The van der Waals surface area contributed by atoms with Crippen LogP contribution in [0.5, 0.6) is 5.75 Å². The first kappa shape index (κ1) is 17.1. The Labute approximate surface area is 130 Å². The van der Waals surface area contributed by atoms with E-state index < -0.39 is 12.8 Å². The van der Waals surface area contributed by atoms with Crippen molar-refractivity contribution in [3.8, 4) is 5.75 Å². The Balaban J connectivity index is 1.81. The topological polar surface area (TPSA) is 60.7 Å². The quantitative estimate of drug-likeness (QED) is 0.793.